The van der Waals surface area contributed by atoms with Crippen molar-refractivity contribution in [1.29, 1.82) is 0 Å². The van der Waals surface area contributed by atoms with E-state index < -0.39 is 18.1 Å². The number of fused-ring (bicyclic) bond motifs is 1. The molecule has 0 radical (unpaired) electrons. The van der Waals surface area contributed by atoms with Crippen LogP contribution in [-0.2, 0) is 9.53 Å². The van der Waals surface area contributed by atoms with Crippen molar-refractivity contribution in [2.75, 3.05) is 13.3 Å². The van der Waals surface area contributed by atoms with E-state index in [1.54, 1.807) is 24.3 Å². The number of cyclic esters (lactones) is 1. The van der Waals surface area contributed by atoms with Crippen molar-refractivity contribution < 1.29 is 29.0 Å². The Labute approximate surface area is 131 Å². The highest BCUT2D eigenvalue weighted by atomic mass is 16.6. The zero-order chi connectivity index (χ0) is 16.6. The molecule has 0 aliphatic carbocycles. The molecule has 2 aliphatic heterocycles. The van der Waals surface area contributed by atoms with Crippen LogP contribution >= 0.6 is 0 Å². The lowest BCUT2D eigenvalue weighted by Gasteiger charge is -2.18. The predicted molar refractivity (Wildman–Crippen MR) is 75.7 cm³/mol. The molecule has 0 bridgehead atoms. The molecule has 1 saturated heterocycles. The standard InChI is InChI=1S/C15H14N2O6/c18-12-9-4-1-2-5-10(9)13(19)16(12)7-3-6-11-14(20)23-8-17(11)15(21)22/h1-2,4-5,11H,3,6-8H2,(H,21,22). The van der Waals surface area contributed by atoms with Gasteiger partial charge in [-0.15, -0.1) is 0 Å². The maximum atomic E-state index is 12.2. The number of benzene rings is 1. The van der Waals surface area contributed by atoms with Gasteiger partial charge in [-0.1, -0.05) is 12.1 Å². The van der Waals surface area contributed by atoms with E-state index in [2.05, 4.69) is 0 Å². The fourth-order valence-corrected chi connectivity index (χ4v) is 2.79. The third-order valence-corrected chi connectivity index (χ3v) is 3.98. The first-order chi connectivity index (χ1) is 11.0. The summed E-state index contributed by atoms with van der Waals surface area (Å²) < 4.78 is 4.71. The Kier molecular flexibility index (Phi) is 3.73. The minimum Gasteiger partial charge on any atom is -0.465 e. The molecule has 0 spiro atoms. The molecule has 1 aromatic rings. The number of hydrogen-bond acceptors (Lipinski definition) is 5. The normalized spacial score (nSPS) is 20.0. The first-order valence-corrected chi connectivity index (χ1v) is 7.12. The number of amides is 3. The first-order valence-electron chi connectivity index (χ1n) is 7.12. The topological polar surface area (TPSA) is 104 Å². The van der Waals surface area contributed by atoms with E-state index in [-0.39, 0.29) is 31.5 Å². The van der Waals surface area contributed by atoms with Gasteiger partial charge in [0, 0.05) is 6.54 Å². The monoisotopic (exact) mass is 318 g/mol. The first kappa shape index (κ1) is 15.0. The van der Waals surface area contributed by atoms with Crippen LogP contribution in [0, 0.1) is 0 Å². The molecule has 0 aromatic heterocycles. The summed E-state index contributed by atoms with van der Waals surface area (Å²) in [7, 11) is 0. The zero-order valence-electron chi connectivity index (χ0n) is 12.1. The van der Waals surface area contributed by atoms with E-state index in [1.165, 1.54) is 0 Å². The molecule has 3 amide bonds. The van der Waals surface area contributed by atoms with Crippen molar-refractivity contribution in [3.8, 4) is 0 Å². The van der Waals surface area contributed by atoms with Crippen molar-refractivity contribution in [3.63, 3.8) is 0 Å². The highest BCUT2D eigenvalue weighted by molar-refractivity contribution is 6.21. The molecule has 1 fully saturated rings. The molecule has 8 heteroatoms. The van der Waals surface area contributed by atoms with Crippen LogP contribution in [-0.4, -0.2) is 58.1 Å². The lowest BCUT2D eigenvalue weighted by molar-refractivity contribution is -0.139. The second-order valence-corrected chi connectivity index (χ2v) is 5.31. The van der Waals surface area contributed by atoms with E-state index in [0.29, 0.717) is 17.5 Å². The Morgan fingerprint density at radius 2 is 1.78 bits per heavy atom. The summed E-state index contributed by atoms with van der Waals surface area (Å²) in [6.07, 6.45) is -0.727. The Hall–Kier alpha value is -2.90. The Morgan fingerprint density at radius 1 is 1.17 bits per heavy atom. The number of imide groups is 1. The molecular weight excluding hydrogens is 304 g/mol. The van der Waals surface area contributed by atoms with Gasteiger partial charge in [-0.2, -0.15) is 0 Å². The average Bonchev–Trinajstić information content (AvgIpc) is 3.01. The molecular formula is C15H14N2O6. The van der Waals surface area contributed by atoms with Crippen molar-refractivity contribution in [3.05, 3.63) is 35.4 Å². The third-order valence-electron chi connectivity index (χ3n) is 3.98. The van der Waals surface area contributed by atoms with Crippen LogP contribution in [0.25, 0.3) is 0 Å². The highest BCUT2D eigenvalue weighted by Gasteiger charge is 2.39. The van der Waals surface area contributed by atoms with Crippen LogP contribution < -0.4 is 0 Å². The molecule has 1 atom stereocenters. The number of hydrogen-bond donors (Lipinski definition) is 1. The van der Waals surface area contributed by atoms with Gasteiger partial charge < -0.3 is 9.84 Å². The van der Waals surface area contributed by atoms with Crippen LogP contribution in [0.4, 0.5) is 4.79 Å². The SMILES string of the molecule is O=C1OCN(C(=O)O)C1CCCN1C(=O)c2ccccc2C1=O. The molecule has 120 valence electrons. The molecule has 23 heavy (non-hydrogen) atoms. The number of ether oxygens (including phenoxy) is 1. The van der Waals surface area contributed by atoms with Gasteiger partial charge in [0.15, 0.2) is 6.73 Å². The molecule has 1 aromatic carbocycles. The third kappa shape index (κ3) is 2.52. The summed E-state index contributed by atoms with van der Waals surface area (Å²) in [6, 6.07) is 5.67. The summed E-state index contributed by atoms with van der Waals surface area (Å²) in [4.78, 5) is 48.9. The number of nitrogens with zero attached hydrogens (tertiary/aromatic N) is 2. The molecule has 2 aliphatic rings. The van der Waals surface area contributed by atoms with Gasteiger partial charge in [-0.3, -0.25) is 19.4 Å². The van der Waals surface area contributed by atoms with Crippen LogP contribution in [0.1, 0.15) is 33.6 Å². The van der Waals surface area contributed by atoms with Crippen molar-refractivity contribution in [1.82, 2.24) is 9.80 Å². The minimum atomic E-state index is -1.23. The number of esters is 1. The molecule has 2 heterocycles. The highest BCUT2D eigenvalue weighted by Crippen LogP contribution is 2.23. The maximum absolute atomic E-state index is 12.2. The van der Waals surface area contributed by atoms with E-state index in [0.717, 1.165) is 9.80 Å². The van der Waals surface area contributed by atoms with Gasteiger partial charge in [0.1, 0.15) is 6.04 Å². The van der Waals surface area contributed by atoms with Crippen LogP contribution in [0.15, 0.2) is 24.3 Å². The molecule has 3 rings (SSSR count). The van der Waals surface area contributed by atoms with Gasteiger partial charge in [-0.25, -0.2) is 9.59 Å². The largest absolute Gasteiger partial charge is 0.465 e. The van der Waals surface area contributed by atoms with E-state index >= 15 is 0 Å². The van der Waals surface area contributed by atoms with Crippen LogP contribution in [0.3, 0.4) is 0 Å². The molecule has 1 N–H and O–H groups in total. The number of rotatable bonds is 4. The maximum Gasteiger partial charge on any atom is 0.410 e. The number of carbonyl (C=O) groups is 4. The number of carbonyl (C=O) groups excluding carboxylic acids is 3. The van der Waals surface area contributed by atoms with Crippen LogP contribution in [0.5, 0.6) is 0 Å². The molecule has 8 nitrogen and oxygen atoms in total. The lowest BCUT2D eigenvalue weighted by Crippen LogP contribution is -2.38. The van der Waals surface area contributed by atoms with Crippen molar-refractivity contribution in [2.45, 2.75) is 18.9 Å². The van der Waals surface area contributed by atoms with Crippen molar-refractivity contribution >= 4 is 23.9 Å². The summed E-state index contributed by atoms with van der Waals surface area (Å²) in [5.41, 5.74) is 0.731. The van der Waals surface area contributed by atoms with E-state index in [4.69, 9.17) is 9.84 Å². The van der Waals surface area contributed by atoms with E-state index in [9.17, 15) is 19.2 Å². The van der Waals surface area contributed by atoms with Gasteiger partial charge >= 0.3 is 12.1 Å². The second-order valence-electron chi connectivity index (χ2n) is 5.31. The molecule has 1 unspecified atom stereocenters. The fourth-order valence-electron chi connectivity index (χ4n) is 2.79. The Balaban J connectivity index is 1.62. The summed E-state index contributed by atoms with van der Waals surface area (Å²) in [5.74, 6) is -1.33. The number of carboxylic acid groups (broad SMARTS) is 1. The smallest absolute Gasteiger partial charge is 0.410 e. The summed E-state index contributed by atoms with van der Waals surface area (Å²) in [5, 5.41) is 8.99. The summed E-state index contributed by atoms with van der Waals surface area (Å²) in [6.45, 7) is -0.157. The van der Waals surface area contributed by atoms with Gasteiger partial charge in [-0.05, 0) is 25.0 Å². The molecule has 0 saturated carbocycles. The quantitative estimate of drug-likeness (QED) is 0.654. The van der Waals surface area contributed by atoms with Crippen LogP contribution in [0.2, 0.25) is 0 Å². The Bertz CT molecular complexity index is 666. The van der Waals surface area contributed by atoms with Gasteiger partial charge in [0.2, 0.25) is 0 Å². The van der Waals surface area contributed by atoms with E-state index in [1.807, 2.05) is 0 Å². The minimum absolute atomic E-state index is 0.129. The average molecular weight is 318 g/mol. The predicted octanol–water partition coefficient (Wildman–Crippen LogP) is 0.926. The lowest BCUT2D eigenvalue weighted by atomic mass is 10.1. The Morgan fingerprint density at radius 3 is 2.35 bits per heavy atom. The van der Waals surface area contributed by atoms with Gasteiger partial charge in [0.25, 0.3) is 11.8 Å². The van der Waals surface area contributed by atoms with Crippen molar-refractivity contribution in [2.24, 2.45) is 0 Å². The summed E-state index contributed by atoms with van der Waals surface area (Å²) >= 11 is 0. The fraction of sp³-hybridized carbons (Fsp3) is 0.333. The second kappa shape index (κ2) is 5.71. The zero-order valence-corrected chi connectivity index (χ0v) is 12.1. The van der Waals surface area contributed by atoms with Gasteiger partial charge in [0.05, 0.1) is 11.1 Å².